The molecule has 8 heteroatoms. The van der Waals surface area contributed by atoms with Gasteiger partial charge >= 0.3 is 0 Å². The molecule has 1 unspecified atom stereocenters. The lowest BCUT2D eigenvalue weighted by Gasteiger charge is -2.18. The lowest BCUT2D eigenvalue weighted by molar-refractivity contribution is 0.203. The Bertz CT molecular complexity index is 853. The van der Waals surface area contributed by atoms with E-state index in [1.807, 2.05) is 26.0 Å². The van der Waals surface area contributed by atoms with Crippen molar-refractivity contribution in [1.82, 2.24) is 14.5 Å². The van der Waals surface area contributed by atoms with Crippen molar-refractivity contribution in [2.45, 2.75) is 31.3 Å². The van der Waals surface area contributed by atoms with Crippen molar-refractivity contribution < 1.29 is 17.9 Å². The fourth-order valence-electron chi connectivity index (χ4n) is 2.79. The quantitative estimate of drug-likeness (QED) is 0.807. The number of aryl methyl sites for hydroxylation is 2. The van der Waals surface area contributed by atoms with E-state index >= 15 is 0 Å². The van der Waals surface area contributed by atoms with E-state index in [-0.39, 0.29) is 6.10 Å². The third-order valence-corrected chi connectivity index (χ3v) is 6.19. The van der Waals surface area contributed by atoms with E-state index in [2.05, 4.69) is 10.2 Å². The van der Waals surface area contributed by atoms with E-state index in [9.17, 15) is 8.42 Å². The van der Waals surface area contributed by atoms with Crippen LogP contribution in [0.2, 0.25) is 0 Å². The Labute approximate surface area is 147 Å². The minimum Gasteiger partial charge on any atom is -0.480 e. The molecule has 0 saturated carbocycles. The maximum Gasteiger partial charge on any atom is 0.243 e. The first-order valence-electron chi connectivity index (χ1n) is 8.02. The number of ether oxygens (including phenoxy) is 2. The molecule has 0 spiro atoms. The number of hydrogen-bond acceptors (Lipinski definition) is 6. The first-order chi connectivity index (χ1) is 11.9. The molecule has 1 saturated heterocycles. The maximum atomic E-state index is 12.9. The average Bonchev–Trinajstić information content (AvgIpc) is 3.07. The Morgan fingerprint density at radius 1 is 1.12 bits per heavy atom. The van der Waals surface area contributed by atoms with Gasteiger partial charge in [0.15, 0.2) is 0 Å². The van der Waals surface area contributed by atoms with E-state index in [0.717, 1.165) is 11.1 Å². The standard InChI is InChI=1S/C17H21N3O4S/c1-12-4-5-13(2)15(10-12)25(21,22)20-9-8-14(11-20)24-17-7-6-16(23-3)18-19-17/h4-7,10,14H,8-9,11H2,1-3H3. The second-order valence-electron chi connectivity index (χ2n) is 6.07. The Kier molecular flexibility index (Phi) is 4.91. The highest BCUT2D eigenvalue weighted by Gasteiger charge is 2.34. The van der Waals surface area contributed by atoms with Gasteiger partial charge in [-0.1, -0.05) is 12.1 Å². The van der Waals surface area contributed by atoms with Crippen LogP contribution in [0.4, 0.5) is 0 Å². The molecule has 2 aromatic rings. The van der Waals surface area contributed by atoms with E-state index in [0.29, 0.717) is 36.2 Å². The topological polar surface area (TPSA) is 81.6 Å². The molecular weight excluding hydrogens is 342 g/mol. The van der Waals surface area contributed by atoms with Gasteiger partial charge in [0, 0.05) is 18.7 Å². The zero-order valence-electron chi connectivity index (χ0n) is 14.5. The van der Waals surface area contributed by atoms with Gasteiger partial charge < -0.3 is 9.47 Å². The van der Waals surface area contributed by atoms with Crippen LogP contribution in [-0.2, 0) is 10.0 Å². The number of nitrogens with zero attached hydrogens (tertiary/aromatic N) is 3. The fraction of sp³-hybridized carbons (Fsp3) is 0.412. The van der Waals surface area contributed by atoms with Crippen molar-refractivity contribution >= 4 is 10.0 Å². The predicted molar refractivity (Wildman–Crippen MR) is 92.3 cm³/mol. The zero-order chi connectivity index (χ0) is 18.0. The fourth-order valence-corrected chi connectivity index (χ4v) is 4.58. The SMILES string of the molecule is COc1ccc(OC2CCN(S(=O)(=O)c3cc(C)ccc3C)C2)nn1. The molecule has 3 rings (SSSR count). The zero-order valence-corrected chi connectivity index (χ0v) is 15.3. The molecule has 1 fully saturated rings. The van der Waals surface area contributed by atoms with Crippen molar-refractivity contribution in [3.8, 4) is 11.8 Å². The summed E-state index contributed by atoms with van der Waals surface area (Å²) in [6.07, 6.45) is 0.361. The predicted octanol–water partition coefficient (Wildman–Crippen LogP) is 1.94. The summed E-state index contributed by atoms with van der Waals surface area (Å²) >= 11 is 0. The smallest absolute Gasteiger partial charge is 0.243 e. The largest absolute Gasteiger partial charge is 0.480 e. The molecule has 7 nitrogen and oxygen atoms in total. The molecule has 1 atom stereocenters. The molecule has 1 aliphatic rings. The minimum absolute atomic E-state index is 0.248. The molecule has 0 bridgehead atoms. The molecular formula is C17H21N3O4S. The molecule has 1 aromatic carbocycles. The van der Waals surface area contributed by atoms with Crippen molar-refractivity contribution in [2.75, 3.05) is 20.2 Å². The van der Waals surface area contributed by atoms with Gasteiger partial charge in [-0.25, -0.2) is 8.42 Å². The summed E-state index contributed by atoms with van der Waals surface area (Å²) in [5.41, 5.74) is 1.67. The van der Waals surface area contributed by atoms with Crippen LogP contribution >= 0.6 is 0 Å². The maximum absolute atomic E-state index is 12.9. The molecule has 1 aromatic heterocycles. The van der Waals surface area contributed by atoms with Gasteiger partial charge in [-0.2, -0.15) is 4.31 Å². The van der Waals surface area contributed by atoms with Gasteiger partial charge in [0.05, 0.1) is 18.6 Å². The number of sulfonamides is 1. The molecule has 2 heterocycles. The number of benzene rings is 1. The summed E-state index contributed by atoms with van der Waals surface area (Å²) in [6.45, 7) is 4.41. The van der Waals surface area contributed by atoms with Crippen LogP contribution in [-0.4, -0.2) is 49.2 Å². The van der Waals surface area contributed by atoms with Crippen LogP contribution in [0.3, 0.4) is 0 Å². The third-order valence-electron chi connectivity index (χ3n) is 4.18. The Balaban J connectivity index is 1.72. The number of rotatable bonds is 5. The monoisotopic (exact) mass is 363 g/mol. The number of methoxy groups -OCH3 is 1. The summed E-state index contributed by atoms with van der Waals surface area (Å²) in [6, 6.07) is 8.77. The first-order valence-corrected chi connectivity index (χ1v) is 9.46. The molecule has 134 valence electrons. The van der Waals surface area contributed by atoms with Crippen LogP contribution in [0.1, 0.15) is 17.5 Å². The molecule has 0 aliphatic carbocycles. The van der Waals surface area contributed by atoms with Crippen molar-refractivity contribution in [2.24, 2.45) is 0 Å². The summed E-state index contributed by atoms with van der Waals surface area (Å²) < 4.78 is 38.0. The highest BCUT2D eigenvalue weighted by atomic mass is 32.2. The summed E-state index contributed by atoms with van der Waals surface area (Å²) in [4.78, 5) is 0.359. The van der Waals surface area contributed by atoms with Crippen LogP contribution < -0.4 is 9.47 Å². The molecule has 0 amide bonds. The summed E-state index contributed by atoms with van der Waals surface area (Å²) in [5.74, 6) is 0.759. The highest BCUT2D eigenvalue weighted by Crippen LogP contribution is 2.26. The summed E-state index contributed by atoms with van der Waals surface area (Å²) in [5, 5.41) is 7.77. The molecule has 0 radical (unpaired) electrons. The normalized spacial score (nSPS) is 18.3. The van der Waals surface area contributed by atoms with Crippen LogP contribution in [0.25, 0.3) is 0 Å². The first kappa shape index (κ1) is 17.6. The van der Waals surface area contributed by atoms with E-state index in [4.69, 9.17) is 9.47 Å². The lowest BCUT2D eigenvalue weighted by atomic mass is 10.2. The third kappa shape index (κ3) is 3.74. The van der Waals surface area contributed by atoms with E-state index in [1.54, 1.807) is 18.2 Å². The second kappa shape index (κ2) is 6.97. The Hall–Kier alpha value is -2.19. The molecule has 1 aliphatic heterocycles. The van der Waals surface area contributed by atoms with Crippen molar-refractivity contribution in [3.63, 3.8) is 0 Å². The Morgan fingerprint density at radius 2 is 1.84 bits per heavy atom. The van der Waals surface area contributed by atoms with Crippen LogP contribution in [0.15, 0.2) is 35.2 Å². The highest BCUT2D eigenvalue weighted by molar-refractivity contribution is 7.89. The van der Waals surface area contributed by atoms with Crippen molar-refractivity contribution in [1.29, 1.82) is 0 Å². The van der Waals surface area contributed by atoms with Gasteiger partial charge in [-0.05, 0) is 37.5 Å². The van der Waals surface area contributed by atoms with E-state index < -0.39 is 10.0 Å². The minimum atomic E-state index is -3.53. The average molecular weight is 363 g/mol. The van der Waals surface area contributed by atoms with Gasteiger partial charge in [-0.3, -0.25) is 0 Å². The molecule has 0 N–H and O–H groups in total. The summed E-state index contributed by atoms with van der Waals surface area (Å²) in [7, 11) is -2.02. The van der Waals surface area contributed by atoms with Crippen molar-refractivity contribution in [3.05, 3.63) is 41.5 Å². The van der Waals surface area contributed by atoms with E-state index in [1.165, 1.54) is 11.4 Å². The second-order valence-corrected chi connectivity index (χ2v) is 7.98. The van der Waals surface area contributed by atoms with Gasteiger partial charge in [0.25, 0.3) is 0 Å². The Morgan fingerprint density at radius 3 is 2.52 bits per heavy atom. The molecule has 25 heavy (non-hydrogen) atoms. The van der Waals surface area contributed by atoms with Crippen LogP contribution in [0, 0.1) is 13.8 Å². The van der Waals surface area contributed by atoms with Gasteiger partial charge in [0.1, 0.15) is 6.10 Å². The van der Waals surface area contributed by atoms with Crippen LogP contribution in [0.5, 0.6) is 11.8 Å². The van der Waals surface area contributed by atoms with Gasteiger partial charge in [-0.15, -0.1) is 10.2 Å². The number of hydrogen-bond donors (Lipinski definition) is 0. The number of aromatic nitrogens is 2. The lowest BCUT2D eigenvalue weighted by Crippen LogP contribution is -2.31. The van der Waals surface area contributed by atoms with Gasteiger partial charge in [0.2, 0.25) is 21.8 Å².